The Labute approximate surface area is 90.8 Å². The zero-order valence-corrected chi connectivity index (χ0v) is 9.29. The molecule has 15 heavy (non-hydrogen) atoms. The summed E-state index contributed by atoms with van der Waals surface area (Å²) in [5.41, 5.74) is 1.35. The molecule has 0 bridgehead atoms. The molecule has 0 spiro atoms. The van der Waals surface area contributed by atoms with Gasteiger partial charge in [-0.25, -0.2) is 0 Å². The van der Waals surface area contributed by atoms with Crippen molar-refractivity contribution in [3.05, 3.63) is 29.9 Å². The van der Waals surface area contributed by atoms with Crippen molar-refractivity contribution in [3.8, 4) is 0 Å². The van der Waals surface area contributed by atoms with Crippen molar-refractivity contribution in [1.82, 2.24) is 0 Å². The Morgan fingerprint density at radius 3 is 2.93 bits per heavy atom. The Hall–Kier alpha value is -1.38. The van der Waals surface area contributed by atoms with Crippen LogP contribution in [-0.4, -0.2) is 19.7 Å². The lowest BCUT2D eigenvalue weighted by Crippen LogP contribution is -2.02. The fraction of sp³-hybridized carbons (Fsp3) is 0.500. The molecular weight excluding hydrogens is 192 g/mol. The summed E-state index contributed by atoms with van der Waals surface area (Å²) < 4.78 is 9.95. The summed E-state index contributed by atoms with van der Waals surface area (Å²) in [6.07, 6.45) is 8.88. The van der Waals surface area contributed by atoms with Crippen LogP contribution in [0.25, 0.3) is 0 Å². The predicted octanol–water partition coefficient (Wildman–Crippen LogP) is 2.39. The van der Waals surface area contributed by atoms with Crippen molar-refractivity contribution in [1.29, 1.82) is 0 Å². The van der Waals surface area contributed by atoms with Crippen LogP contribution in [0.2, 0.25) is 0 Å². The SMILES string of the molecule is COC1=CCC(CCCOC(C)=O)=C[CH+]1. The maximum absolute atomic E-state index is 10.5. The zero-order valence-electron chi connectivity index (χ0n) is 9.29. The van der Waals surface area contributed by atoms with Crippen LogP contribution < -0.4 is 0 Å². The van der Waals surface area contributed by atoms with Gasteiger partial charge in [0, 0.05) is 18.9 Å². The first-order chi connectivity index (χ1) is 7.22. The standard InChI is InChI=1S/C12H17O3/c1-10(13)15-9-3-4-11-5-7-12(14-2)8-6-11/h5,7-8H,3-4,6,9H2,1-2H3/q+1. The molecule has 0 radical (unpaired) electrons. The second-order valence-electron chi connectivity index (χ2n) is 3.45. The van der Waals surface area contributed by atoms with E-state index in [2.05, 4.69) is 12.2 Å². The fourth-order valence-corrected chi connectivity index (χ4v) is 1.42. The van der Waals surface area contributed by atoms with Crippen molar-refractivity contribution >= 4 is 5.97 Å². The molecule has 0 fully saturated rings. The maximum Gasteiger partial charge on any atom is 0.302 e. The van der Waals surface area contributed by atoms with Gasteiger partial charge in [-0.1, -0.05) is 0 Å². The van der Waals surface area contributed by atoms with Gasteiger partial charge >= 0.3 is 5.97 Å². The molecule has 3 heteroatoms. The number of allylic oxidation sites excluding steroid dienone is 3. The minimum Gasteiger partial charge on any atom is -0.475 e. The molecule has 1 aliphatic rings. The second-order valence-corrected chi connectivity index (χ2v) is 3.45. The molecule has 0 atom stereocenters. The smallest absolute Gasteiger partial charge is 0.302 e. The third-order valence-electron chi connectivity index (χ3n) is 2.23. The lowest BCUT2D eigenvalue weighted by Gasteiger charge is -2.05. The second kappa shape index (κ2) is 6.17. The summed E-state index contributed by atoms with van der Waals surface area (Å²) in [6.45, 7) is 1.94. The van der Waals surface area contributed by atoms with Crippen molar-refractivity contribution < 1.29 is 14.3 Å². The Bertz CT molecular complexity index is 277. The van der Waals surface area contributed by atoms with Crippen molar-refractivity contribution in [2.24, 2.45) is 0 Å². The highest BCUT2D eigenvalue weighted by Gasteiger charge is 2.13. The van der Waals surface area contributed by atoms with Gasteiger partial charge in [0.25, 0.3) is 0 Å². The molecule has 1 rings (SSSR count). The Kier molecular flexibility index (Phi) is 4.81. The van der Waals surface area contributed by atoms with E-state index in [1.807, 2.05) is 6.42 Å². The molecule has 0 amide bonds. The summed E-state index contributed by atoms with van der Waals surface area (Å²) in [7, 11) is 1.67. The highest BCUT2D eigenvalue weighted by Crippen LogP contribution is 2.20. The van der Waals surface area contributed by atoms with E-state index in [0.29, 0.717) is 6.61 Å². The summed E-state index contributed by atoms with van der Waals surface area (Å²) in [5.74, 6) is 0.708. The molecule has 82 valence electrons. The van der Waals surface area contributed by atoms with E-state index in [0.717, 1.165) is 25.0 Å². The first kappa shape index (κ1) is 11.7. The number of methoxy groups -OCH3 is 1. The Balaban J connectivity index is 2.14. The van der Waals surface area contributed by atoms with Gasteiger partial charge in [-0.15, -0.1) is 0 Å². The molecule has 1 aliphatic carbocycles. The summed E-state index contributed by atoms with van der Waals surface area (Å²) in [4.78, 5) is 10.5. The maximum atomic E-state index is 10.5. The monoisotopic (exact) mass is 209 g/mol. The highest BCUT2D eigenvalue weighted by molar-refractivity contribution is 5.65. The minimum absolute atomic E-state index is 0.208. The molecule has 0 saturated heterocycles. The average Bonchev–Trinajstić information content (AvgIpc) is 2.25. The molecule has 0 aromatic rings. The largest absolute Gasteiger partial charge is 0.475 e. The van der Waals surface area contributed by atoms with E-state index in [4.69, 9.17) is 9.47 Å². The first-order valence-corrected chi connectivity index (χ1v) is 5.12. The first-order valence-electron chi connectivity index (χ1n) is 5.12. The molecular formula is C12H17O3+. The van der Waals surface area contributed by atoms with Gasteiger partial charge in [0.05, 0.1) is 38.7 Å². The van der Waals surface area contributed by atoms with Gasteiger partial charge in [-0.2, -0.15) is 0 Å². The molecule has 3 nitrogen and oxygen atoms in total. The highest BCUT2D eigenvalue weighted by atomic mass is 16.5. The van der Waals surface area contributed by atoms with Crippen molar-refractivity contribution in [2.45, 2.75) is 26.2 Å². The van der Waals surface area contributed by atoms with Crippen LogP contribution in [0.5, 0.6) is 0 Å². The van der Waals surface area contributed by atoms with Gasteiger partial charge in [0.2, 0.25) is 5.76 Å². The van der Waals surface area contributed by atoms with Crippen LogP contribution in [0.4, 0.5) is 0 Å². The number of carbonyl (C=O) groups excluding carboxylic acids is 1. The average molecular weight is 209 g/mol. The van der Waals surface area contributed by atoms with Crippen LogP contribution in [0, 0.1) is 6.42 Å². The lowest BCUT2D eigenvalue weighted by atomic mass is 10.0. The van der Waals surface area contributed by atoms with Gasteiger partial charge in [0.1, 0.15) is 0 Å². The van der Waals surface area contributed by atoms with E-state index in [-0.39, 0.29) is 5.97 Å². The molecule has 0 aromatic heterocycles. The van der Waals surface area contributed by atoms with Crippen LogP contribution in [0.1, 0.15) is 26.2 Å². The number of rotatable bonds is 5. The Morgan fingerprint density at radius 1 is 1.60 bits per heavy atom. The van der Waals surface area contributed by atoms with E-state index in [1.54, 1.807) is 7.11 Å². The van der Waals surface area contributed by atoms with E-state index in [9.17, 15) is 4.79 Å². The minimum atomic E-state index is -0.208. The number of hydrogen-bond donors (Lipinski definition) is 0. The summed E-state index contributed by atoms with van der Waals surface area (Å²) in [5, 5.41) is 0. The molecule has 0 aliphatic heterocycles. The van der Waals surface area contributed by atoms with Crippen LogP contribution in [0.3, 0.4) is 0 Å². The van der Waals surface area contributed by atoms with Crippen LogP contribution in [-0.2, 0) is 14.3 Å². The molecule has 0 saturated carbocycles. The predicted molar refractivity (Wildman–Crippen MR) is 58.0 cm³/mol. The van der Waals surface area contributed by atoms with Gasteiger partial charge in [-0.3, -0.25) is 4.79 Å². The third-order valence-corrected chi connectivity index (χ3v) is 2.23. The van der Waals surface area contributed by atoms with E-state index >= 15 is 0 Å². The lowest BCUT2D eigenvalue weighted by molar-refractivity contribution is -0.141. The van der Waals surface area contributed by atoms with Crippen molar-refractivity contribution in [3.63, 3.8) is 0 Å². The van der Waals surface area contributed by atoms with Crippen molar-refractivity contribution in [2.75, 3.05) is 13.7 Å². The third kappa shape index (κ3) is 4.58. The fourth-order valence-electron chi connectivity index (χ4n) is 1.42. The molecule has 0 N–H and O–H groups in total. The number of ether oxygens (including phenoxy) is 2. The molecule has 0 heterocycles. The Morgan fingerprint density at radius 2 is 2.40 bits per heavy atom. The topological polar surface area (TPSA) is 35.5 Å². The quantitative estimate of drug-likeness (QED) is 0.396. The number of hydrogen-bond acceptors (Lipinski definition) is 3. The van der Waals surface area contributed by atoms with E-state index < -0.39 is 0 Å². The summed E-state index contributed by atoms with van der Waals surface area (Å²) in [6, 6.07) is 0. The van der Waals surface area contributed by atoms with E-state index in [1.165, 1.54) is 12.5 Å². The van der Waals surface area contributed by atoms with Gasteiger partial charge in [-0.05, 0) is 6.42 Å². The van der Waals surface area contributed by atoms with Gasteiger partial charge in [0.15, 0.2) is 0 Å². The zero-order chi connectivity index (χ0) is 11.1. The number of carbonyl (C=O) groups is 1. The van der Waals surface area contributed by atoms with Crippen LogP contribution in [0.15, 0.2) is 23.5 Å². The normalized spacial score (nSPS) is 14.8. The number of esters is 1. The van der Waals surface area contributed by atoms with Gasteiger partial charge < -0.3 is 9.47 Å². The van der Waals surface area contributed by atoms with Crippen LogP contribution >= 0.6 is 0 Å². The molecule has 0 aromatic carbocycles. The molecule has 0 unspecified atom stereocenters. The summed E-state index contributed by atoms with van der Waals surface area (Å²) >= 11 is 0.